The SMILES string of the molecule is CC(CNCC(=O)c1ccc(NS(C)(=O)=O)cc1)N1CCc2ccccc2C1=O. The average Bonchev–Trinajstić information content (AvgIpc) is 2.67. The van der Waals surface area contributed by atoms with Crippen LogP contribution < -0.4 is 10.0 Å². The van der Waals surface area contributed by atoms with E-state index in [1.165, 1.54) is 0 Å². The molecule has 1 unspecified atom stereocenters. The van der Waals surface area contributed by atoms with Crippen LogP contribution in [0.15, 0.2) is 48.5 Å². The highest BCUT2D eigenvalue weighted by Crippen LogP contribution is 2.20. The average molecular weight is 416 g/mol. The molecule has 0 spiro atoms. The molecule has 3 rings (SSSR count). The lowest BCUT2D eigenvalue weighted by atomic mass is 9.98. The fraction of sp³-hybridized carbons (Fsp3) is 0.333. The van der Waals surface area contributed by atoms with Crippen molar-refractivity contribution >= 4 is 27.4 Å². The van der Waals surface area contributed by atoms with E-state index in [1.54, 1.807) is 24.3 Å². The van der Waals surface area contributed by atoms with Crippen LogP contribution in [0.4, 0.5) is 5.69 Å². The lowest BCUT2D eigenvalue weighted by molar-refractivity contribution is 0.0673. The van der Waals surface area contributed by atoms with E-state index < -0.39 is 10.0 Å². The van der Waals surface area contributed by atoms with Gasteiger partial charge in [0.1, 0.15) is 0 Å². The van der Waals surface area contributed by atoms with E-state index in [4.69, 9.17) is 0 Å². The van der Waals surface area contributed by atoms with Crippen molar-refractivity contribution in [3.05, 3.63) is 65.2 Å². The predicted molar refractivity (Wildman–Crippen MR) is 113 cm³/mol. The number of hydrogen-bond acceptors (Lipinski definition) is 5. The molecule has 1 heterocycles. The molecule has 1 atom stereocenters. The number of carbonyl (C=O) groups excluding carboxylic acids is 2. The highest BCUT2D eigenvalue weighted by Gasteiger charge is 2.27. The van der Waals surface area contributed by atoms with Crippen molar-refractivity contribution in [2.75, 3.05) is 30.6 Å². The summed E-state index contributed by atoms with van der Waals surface area (Å²) in [4.78, 5) is 26.9. The summed E-state index contributed by atoms with van der Waals surface area (Å²) < 4.78 is 24.8. The Labute approximate surface area is 171 Å². The lowest BCUT2D eigenvalue weighted by Gasteiger charge is -2.33. The van der Waals surface area contributed by atoms with Gasteiger partial charge in [0.05, 0.1) is 12.8 Å². The van der Waals surface area contributed by atoms with Crippen LogP contribution in [-0.4, -0.2) is 56.9 Å². The molecule has 29 heavy (non-hydrogen) atoms. The Kier molecular flexibility index (Phi) is 6.34. The second-order valence-corrected chi connectivity index (χ2v) is 9.01. The van der Waals surface area contributed by atoms with E-state index in [-0.39, 0.29) is 24.3 Å². The summed E-state index contributed by atoms with van der Waals surface area (Å²) in [5.41, 5.74) is 2.74. The molecule has 154 valence electrons. The number of ketones is 1. The van der Waals surface area contributed by atoms with Gasteiger partial charge in [-0.15, -0.1) is 0 Å². The minimum Gasteiger partial charge on any atom is -0.334 e. The first-order valence-electron chi connectivity index (χ1n) is 9.45. The number of carbonyl (C=O) groups is 2. The summed E-state index contributed by atoms with van der Waals surface area (Å²) in [5.74, 6) is -0.0696. The van der Waals surface area contributed by atoms with Gasteiger partial charge in [0, 0.05) is 35.9 Å². The maximum atomic E-state index is 12.7. The van der Waals surface area contributed by atoms with Crippen molar-refractivity contribution in [2.24, 2.45) is 0 Å². The number of anilines is 1. The maximum absolute atomic E-state index is 12.7. The fourth-order valence-electron chi connectivity index (χ4n) is 3.41. The summed E-state index contributed by atoms with van der Waals surface area (Å²) >= 11 is 0. The molecule has 2 N–H and O–H groups in total. The van der Waals surface area contributed by atoms with E-state index in [0.29, 0.717) is 24.3 Å². The topological polar surface area (TPSA) is 95.6 Å². The fourth-order valence-corrected chi connectivity index (χ4v) is 3.97. The molecule has 0 saturated carbocycles. The Morgan fingerprint density at radius 1 is 1.14 bits per heavy atom. The molecule has 7 nitrogen and oxygen atoms in total. The van der Waals surface area contributed by atoms with Gasteiger partial charge < -0.3 is 10.2 Å². The number of Topliss-reactive ketones (excluding diaryl/α,β-unsaturated/α-hetero) is 1. The standard InChI is InChI=1S/C21H25N3O4S/c1-15(24-12-11-16-5-3-4-6-19(16)21(24)26)13-22-14-20(25)17-7-9-18(10-8-17)23-29(2,27)28/h3-10,15,22-23H,11-14H2,1-2H3. The van der Waals surface area contributed by atoms with Crippen LogP contribution in [0.3, 0.4) is 0 Å². The van der Waals surface area contributed by atoms with Gasteiger partial charge in [0.2, 0.25) is 10.0 Å². The number of rotatable bonds is 8. The van der Waals surface area contributed by atoms with Crippen LogP contribution in [-0.2, 0) is 16.4 Å². The monoisotopic (exact) mass is 415 g/mol. The molecule has 0 saturated heterocycles. The smallest absolute Gasteiger partial charge is 0.254 e. The molecule has 0 aliphatic carbocycles. The van der Waals surface area contributed by atoms with Crippen LogP contribution in [0.1, 0.15) is 33.2 Å². The Balaban J connectivity index is 1.51. The van der Waals surface area contributed by atoms with Crippen LogP contribution in [0.2, 0.25) is 0 Å². The van der Waals surface area contributed by atoms with Gasteiger partial charge in [-0.1, -0.05) is 18.2 Å². The van der Waals surface area contributed by atoms with Gasteiger partial charge in [0.25, 0.3) is 5.91 Å². The number of hydrogen-bond donors (Lipinski definition) is 2. The third-order valence-electron chi connectivity index (χ3n) is 4.90. The summed E-state index contributed by atoms with van der Waals surface area (Å²) in [5, 5.41) is 3.12. The van der Waals surface area contributed by atoms with Crippen LogP contribution >= 0.6 is 0 Å². The number of sulfonamides is 1. The minimum atomic E-state index is -3.35. The zero-order valence-electron chi connectivity index (χ0n) is 16.5. The third-order valence-corrected chi connectivity index (χ3v) is 5.50. The van der Waals surface area contributed by atoms with Crippen LogP contribution in [0.5, 0.6) is 0 Å². The first kappa shape index (κ1) is 21.0. The molecular weight excluding hydrogens is 390 g/mol. The molecule has 2 aromatic carbocycles. The second kappa shape index (κ2) is 8.75. The molecule has 0 aromatic heterocycles. The largest absolute Gasteiger partial charge is 0.334 e. The summed E-state index contributed by atoms with van der Waals surface area (Å²) in [6, 6.07) is 13.9. The van der Waals surface area contributed by atoms with Crippen molar-refractivity contribution in [1.29, 1.82) is 0 Å². The quantitative estimate of drug-likeness (QED) is 0.642. The van der Waals surface area contributed by atoms with Crippen molar-refractivity contribution in [2.45, 2.75) is 19.4 Å². The van der Waals surface area contributed by atoms with Gasteiger partial charge in [-0.2, -0.15) is 0 Å². The first-order chi connectivity index (χ1) is 13.7. The summed E-state index contributed by atoms with van der Waals surface area (Å²) in [6.07, 6.45) is 1.90. The van der Waals surface area contributed by atoms with Gasteiger partial charge in [-0.25, -0.2) is 8.42 Å². The van der Waals surface area contributed by atoms with E-state index in [9.17, 15) is 18.0 Å². The molecule has 8 heteroatoms. The Hall–Kier alpha value is -2.71. The van der Waals surface area contributed by atoms with E-state index in [1.807, 2.05) is 36.1 Å². The normalized spacial score (nSPS) is 15.0. The maximum Gasteiger partial charge on any atom is 0.254 e. The molecule has 0 bridgehead atoms. The Morgan fingerprint density at radius 2 is 1.83 bits per heavy atom. The third kappa shape index (κ3) is 5.42. The molecule has 1 aliphatic heterocycles. The molecular formula is C21H25N3O4S. The van der Waals surface area contributed by atoms with Crippen molar-refractivity contribution < 1.29 is 18.0 Å². The summed E-state index contributed by atoms with van der Waals surface area (Å²) in [6.45, 7) is 3.28. The van der Waals surface area contributed by atoms with Gasteiger partial charge in [0.15, 0.2) is 5.78 Å². The van der Waals surface area contributed by atoms with Gasteiger partial charge in [-0.3, -0.25) is 14.3 Å². The molecule has 0 radical (unpaired) electrons. The van der Waals surface area contributed by atoms with Crippen molar-refractivity contribution in [3.8, 4) is 0 Å². The predicted octanol–water partition coefficient (Wildman–Crippen LogP) is 1.92. The second-order valence-electron chi connectivity index (χ2n) is 7.26. The van der Waals surface area contributed by atoms with Gasteiger partial charge >= 0.3 is 0 Å². The lowest BCUT2D eigenvalue weighted by Crippen LogP contribution is -2.48. The number of benzene rings is 2. The molecule has 0 fully saturated rings. The molecule has 1 amide bonds. The van der Waals surface area contributed by atoms with E-state index >= 15 is 0 Å². The highest BCUT2D eigenvalue weighted by atomic mass is 32.2. The number of fused-ring (bicyclic) bond motifs is 1. The van der Waals surface area contributed by atoms with Crippen LogP contribution in [0, 0.1) is 0 Å². The Bertz CT molecular complexity index is 1000. The number of nitrogens with one attached hydrogen (secondary N) is 2. The van der Waals surface area contributed by atoms with Gasteiger partial charge in [-0.05, 0) is 49.2 Å². The summed E-state index contributed by atoms with van der Waals surface area (Å²) in [7, 11) is -3.35. The van der Waals surface area contributed by atoms with Crippen LogP contribution in [0.25, 0.3) is 0 Å². The first-order valence-corrected chi connectivity index (χ1v) is 11.3. The molecule has 1 aliphatic rings. The zero-order valence-corrected chi connectivity index (χ0v) is 17.3. The van der Waals surface area contributed by atoms with E-state index in [2.05, 4.69) is 10.0 Å². The number of nitrogens with zero attached hydrogens (tertiary/aromatic N) is 1. The number of amides is 1. The minimum absolute atomic E-state index is 0.0291. The van der Waals surface area contributed by atoms with Crippen molar-refractivity contribution in [1.82, 2.24) is 10.2 Å². The van der Waals surface area contributed by atoms with E-state index in [0.717, 1.165) is 23.8 Å². The highest BCUT2D eigenvalue weighted by molar-refractivity contribution is 7.92. The Morgan fingerprint density at radius 3 is 2.52 bits per heavy atom. The van der Waals surface area contributed by atoms with Crippen molar-refractivity contribution in [3.63, 3.8) is 0 Å². The molecule has 2 aromatic rings. The zero-order chi connectivity index (χ0) is 21.0.